The Morgan fingerprint density at radius 1 is 1.55 bits per heavy atom. The zero-order valence-corrected chi connectivity index (χ0v) is 11.1. The van der Waals surface area contributed by atoms with Crippen LogP contribution in [0.5, 0.6) is 0 Å². The second-order valence-corrected chi connectivity index (χ2v) is 4.75. The highest BCUT2D eigenvalue weighted by atomic mass is 19.4. The number of halogens is 3. The van der Waals surface area contributed by atoms with Crippen LogP contribution >= 0.6 is 0 Å². The molecule has 0 aliphatic carbocycles. The molecule has 1 saturated heterocycles. The molecule has 1 aliphatic heterocycles. The van der Waals surface area contributed by atoms with Gasteiger partial charge in [0.2, 0.25) is 5.91 Å². The highest BCUT2D eigenvalue weighted by Gasteiger charge is 2.31. The van der Waals surface area contributed by atoms with Gasteiger partial charge >= 0.3 is 6.18 Å². The quantitative estimate of drug-likeness (QED) is 0.929. The van der Waals surface area contributed by atoms with Gasteiger partial charge in [0.1, 0.15) is 5.82 Å². The summed E-state index contributed by atoms with van der Waals surface area (Å²) < 4.78 is 37.8. The summed E-state index contributed by atoms with van der Waals surface area (Å²) in [6.07, 6.45) is -2.09. The first kappa shape index (κ1) is 14.6. The molecule has 0 saturated carbocycles. The molecular weight excluding hydrogens is 271 g/mol. The number of nitrogens with one attached hydrogen (secondary N) is 1. The van der Waals surface area contributed by atoms with Crippen molar-refractivity contribution in [3.8, 4) is 0 Å². The van der Waals surface area contributed by atoms with Gasteiger partial charge in [0.05, 0.1) is 5.56 Å². The Labute approximate surface area is 115 Å². The Bertz CT molecular complexity index is 490. The Balaban J connectivity index is 2.00. The van der Waals surface area contributed by atoms with Crippen LogP contribution < -0.4 is 5.32 Å². The van der Waals surface area contributed by atoms with Gasteiger partial charge in [-0.2, -0.15) is 13.2 Å². The average Bonchev–Trinajstić information content (AvgIpc) is 2.85. The topological polar surface area (TPSA) is 45.2 Å². The maximum Gasteiger partial charge on any atom is 0.416 e. The summed E-state index contributed by atoms with van der Waals surface area (Å²) in [6, 6.07) is 1.87. The van der Waals surface area contributed by atoms with Crippen LogP contribution in [-0.2, 0) is 11.0 Å². The van der Waals surface area contributed by atoms with Crippen molar-refractivity contribution in [1.29, 1.82) is 0 Å². The summed E-state index contributed by atoms with van der Waals surface area (Å²) in [7, 11) is 0. The number of aromatic nitrogens is 1. The number of likely N-dealkylation sites (tertiary alicyclic amines) is 1. The normalized spacial score (nSPS) is 19.2. The summed E-state index contributed by atoms with van der Waals surface area (Å²) in [5.41, 5.74) is -0.727. The second kappa shape index (κ2) is 5.68. The van der Waals surface area contributed by atoms with Crippen molar-refractivity contribution in [1.82, 2.24) is 9.88 Å². The lowest BCUT2D eigenvalue weighted by Gasteiger charge is -2.17. The molecule has 1 fully saturated rings. The standard InChI is InChI=1S/C13H16F3N3O/c1-2-12(20)19-6-4-10(8-19)18-11-7-9(3-5-17-11)13(14,15)16/h3,5,7,10H,2,4,6,8H2,1H3,(H,17,18). The first-order valence-electron chi connectivity index (χ1n) is 6.47. The van der Waals surface area contributed by atoms with Crippen molar-refractivity contribution >= 4 is 11.7 Å². The molecule has 1 unspecified atom stereocenters. The fourth-order valence-electron chi connectivity index (χ4n) is 2.22. The summed E-state index contributed by atoms with van der Waals surface area (Å²) >= 11 is 0. The number of amides is 1. The second-order valence-electron chi connectivity index (χ2n) is 4.75. The van der Waals surface area contributed by atoms with Gasteiger partial charge in [-0.25, -0.2) is 4.98 Å². The molecule has 0 bridgehead atoms. The van der Waals surface area contributed by atoms with Crippen molar-refractivity contribution in [2.24, 2.45) is 0 Å². The fraction of sp³-hybridized carbons (Fsp3) is 0.538. The maximum absolute atomic E-state index is 12.6. The van der Waals surface area contributed by atoms with Crippen LogP contribution in [0.25, 0.3) is 0 Å². The molecule has 0 radical (unpaired) electrons. The van der Waals surface area contributed by atoms with Gasteiger partial charge in [-0.15, -0.1) is 0 Å². The molecule has 0 aromatic carbocycles. The van der Waals surface area contributed by atoms with E-state index in [0.29, 0.717) is 25.9 Å². The van der Waals surface area contributed by atoms with Crippen LogP contribution in [0.15, 0.2) is 18.3 Å². The first-order valence-corrected chi connectivity index (χ1v) is 6.47. The van der Waals surface area contributed by atoms with Crippen LogP contribution in [0, 0.1) is 0 Å². The summed E-state index contributed by atoms with van der Waals surface area (Å²) in [5.74, 6) is 0.252. The molecule has 4 nitrogen and oxygen atoms in total. The lowest BCUT2D eigenvalue weighted by molar-refractivity contribution is -0.137. The third-order valence-electron chi connectivity index (χ3n) is 3.28. The minimum atomic E-state index is -4.38. The minimum Gasteiger partial charge on any atom is -0.365 e. The molecule has 2 heterocycles. The Hall–Kier alpha value is -1.79. The predicted octanol–water partition coefficient (Wildman–Crippen LogP) is 2.52. The molecule has 1 aromatic heterocycles. The number of alkyl halides is 3. The molecule has 1 aromatic rings. The Kier molecular flexibility index (Phi) is 4.15. The predicted molar refractivity (Wildman–Crippen MR) is 68.1 cm³/mol. The zero-order chi connectivity index (χ0) is 14.8. The van der Waals surface area contributed by atoms with E-state index < -0.39 is 11.7 Å². The van der Waals surface area contributed by atoms with Gasteiger partial charge in [0, 0.05) is 31.7 Å². The lowest BCUT2D eigenvalue weighted by Crippen LogP contribution is -2.31. The highest BCUT2D eigenvalue weighted by molar-refractivity contribution is 5.76. The number of carbonyl (C=O) groups excluding carboxylic acids is 1. The summed E-state index contributed by atoms with van der Waals surface area (Å²) in [6.45, 7) is 2.92. The molecule has 2 rings (SSSR count). The van der Waals surface area contributed by atoms with E-state index >= 15 is 0 Å². The van der Waals surface area contributed by atoms with Gasteiger partial charge < -0.3 is 10.2 Å². The van der Waals surface area contributed by atoms with E-state index in [1.54, 1.807) is 11.8 Å². The average molecular weight is 287 g/mol. The van der Waals surface area contributed by atoms with Crippen LogP contribution in [0.4, 0.5) is 19.0 Å². The van der Waals surface area contributed by atoms with Gasteiger partial charge in [-0.1, -0.05) is 6.92 Å². The van der Waals surface area contributed by atoms with Crippen molar-refractivity contribution in [3.05, 3.63) is 23.9 Å². The zero-order valence-electron chi connectivity index (χ0n) is 11.1. The maximum atomic E-state index is 12.6. The number of hydrogen-bond donors (Lipinski definition) is 1. The molecular formula is C13H16F3N3O. The third kappa shape index (κ3) is 3.40. The highest BCUT2D eigenvalue weighted by Crippen LogP contribution is 2.30. The fourth-order valence-corrected chi connectivity index (χ4v) is 2.22. The van der Waals surface area contributed by atoms with Gasteiger partial charge in [0.15, 0.2) is 0 Å². The van der Waals surface area contributed by atoms with Crippen LogP contribution in [0.1, 0.15) is 25.3 Å². The monoisotopic (exact) mass is 287 g/mol. The summed E-state index contributed by atoms with van der Waals surface area (Å²) in [5, 5.41) is 2.96. The lowest BCUT2D eigenvalue weighted by atomic mass is 10.2. The number of rotatable bonds is 3. The van der Waals surface area contributed by atoms with Crippen LogP contribution in [0.2, 0.25) is 0 Å². The first-order chi connectivity index (χ1) is 9.40. The van der Waals surface area contributed by atoms with E-state index in [9.17, 15) is 18.0 Å². The van der Waals surface area contributed by atoms with Crippen LogP contribution in [-0.4, -0.2) is 34.9 Å². The molecule has 1 amide bonds. The minimum absolute atomic E-state index is 0.0542. The van der Waals surface area contributed by atoms with E-state index in [4.69, 9.17) is 0 Å². The van der Waals surface area contributed by atoms with E-state index in [1.807, 2.05) is 0 Å². The summed E-state index contributed by atoms with van der Waals surface area (Å²) in [4.78, 5) is 17.1. The van der Waals surface area contributed by atoms with Gasteiger partial charge in [0.25, 0.3) is 0 Å². The third-order valence-corrected chi connectivity index (χ3v) is 3.28. The molecule has 110 valence electrons. The van der Waals surface area contributed by atoms with Crippen LogP contribution in [0.3, 0.4) is 0 Å². The molecule has 7 heteroatoms. The van der Waals surface area contributed by atoms with E-state index in [-0.39, 0.29) is 17.8 Å². The molecule has 1 N–H and O–H groups in total. The van der Waals surface area contributed by atoms with Crippen molar-refractivity contribution in [2.75, 3.05) is 18.4 Å². The van der Waals surface area contributed by atoms with Crippen molar-refractivity contribution < 1.29 is 18.0 Å². The number of hydrogen-bond acceptors (Lipinski definition) is 3. The SMILES string of the molecule is CCC(=O)N1CCC(Nc2cc(C(F)(F)F)ccn2)C1. The van der Waals surface area contributed by atoms with Crippen molar-refractivity contribution in [2.45, 2.75) is 32.0 Å². The number of pyridine rings is 1. The Morgan fingerprint density at radius 3 is 2.95 bits per heavy atom. The molecule has 0 spiro atoms. The van der Waals surface area contributed by atoms with E-state index in [1.165, 1.54) is 0 Å². The smallest absolute Gasteiger partial charge is 0.365 e. The molecule has 20 heavy (non-hydrogen) atoms. The number of carbonyl (C=O) groups is 1. The molecule has 1 aliphatic rings. The molecule has 1 atom stereocenters. The number of anilines is 1. The number of nitrogens with zero attached hydrogens (tertiary/aromatic N) is 2. The Morgan fingerprint density at radius 2 is 2.30 bits per heavy atom. The van der Waals surface area contributed by atoms with Crippen molar-refractivity contribution in [3.63, 3.8) is 0 Å². The van der Waals surface area contributed by atoms with Gasteiger partial charge in [-0.05, 0) is 18.6 Å². The van der Waals surface area contributed by atoms with E-state index in [0.717, 1.165) is 18.3 Å². The van der Waals surface area contributed by atoms with Gasteiger partial charge in [-0.3, -0.25) is 4.79 Å². The van der Waals surface area contributed by atoms with E-state index in [2.05, 4.69) is 10.3 Å². The largest absolute Gasteiger partial charge is 0.416 e.